The van der Waals surface area contributed by atoms with Gasteiger partial charge in [0.05, 0.1) is 11.9 Å². The number of Topliss-reactive ketones (excluding diaryl/α,β-unsaturated/α-hetero) is 1. The van der Waals surface area contributed by atoms with Gasteiger partial charge in [-0.3, -0.25) is 4.79 Å². The molecule has 3 aromatic rings. The van der Waals surface area contributed by atoms with Crippen molar-refractivity contribution in [1.29, 1.82) is 0 Å². The number of oxazole rings is 1. The number of fused-ring (bicyclic) bond motifs is 1. The lowest BCUT2D eigenvalue weighted by Crippen LogP contribution is -2.01. The molecule has 0 fully saturated rings. The maximum absolute atomic E-state index is 12.1. The third-order valence-electron chi connectivity index (χ3n) is 2.63. The summed E-state index contributed by atoms with van der Waals surface area (Å²) in [6.07, 6.45) is 4.82. The first-order valence-corrected chi connectivity index (χ1v) is 6.45. The Morgan fingerprint density at radius 1 is 1.39 bits per heavy atom. The van der Waals surface area contributed by atoms with Crippen molar-refractivity contribution in [3.05, 3.63) is 48.5 Å². The van der Waals surface area contributed by atoms with Crippen LogP contribution in [0.15, 0.2) is 52.6 Å². The quantitative estimate of drug-likeness (QED) is 0.577. The zero-order chi connectivity index (χ0) is 12.4. The van der Waals surface area contributed by atoms with Crippen LogP contribution in [0.3, 0.4) is 0 Å². The fourth-order valence-electron chi connectivity index (χ4n) is 1.79. The van der Waals surface area contributed by atoms with Crippen molar-refractivity contribution in [2.24, 2.45) is 0 Å². The summed E-state index contributed by atoms with van der Waals surface area (Å²) in [4.78, 5) is 19.2. The van der Waals surface area contributed by atoms with Gasteiger partial charge in [-0.15, -0.1) is 0 Å². The van der Waals surface area contributed by atoms with Crippen molar-refractivity contribution in [3.8, 4) is 0 Å². The van der Waals surface area contributed by atoms with Crippen LogP contribution in [0.1, 0.15) is 10.4 Å². The highest BCUT2D eigenvalue weighted by atomic mass is 32.2. The van der Waals surface area contributed by atoms with Gasteiger partial charge in [-0.05, 0) is 6.07 Å². The maximum Gasteiger partial charge on any atom is 0.255 e. The molecule has 0 bridgehead atoms. The fourth-order valence-corrected chi connectivity index (χ4v) is 2.46. The van der Waals surface area contributed by atoms with Crippen LogP contribution in [0.25, 0.3) is 10.9 Å². The minimum Gasteiger partial charge on any atom is -0.440 e. The SMILES string of the molecule is O=C(CSc1ncco1)c1c[nH]c2ccccc12. The number of aromatic nitrogens is 2. The molecule has 0 unspecified atom stereocenters. The standard InChI is InChI=1S/C13H10N2O2S/c16-12(8-18-13-14-5-6-17-13)10-7-15-11-4-2-1-3-9(10)11/h1-7,15H,8H2. The van der Waals surface area contributed by atoms with Crippen LogP contribution in [0, 0.1) is 0 Å². The Morgan fingerprint density at radius 3 is 3.11 bits per heavy atom. The highest BCUT2D eigenvalue weighted by Crippen LogP contribution is 2.21. The number of para-hydroxylation sites is 1. The third-order valence-corrected chi connectivity index (χ3v) is 3.48. The Kier molecular flexibility index (Phi) is 2.90. The molecule has 0 aliphatic rings. The minimum absolute atomic E-state index is 0.0654. The first-order valence-electron chi connectivity index (χ1n) is 5.46. The number of benzene rings is 1. The predicted octanol–water partition coefficient (Wildman–Crippen LogP) is 3.13. The number of nitrogens with zero attached hydrogens (tertiary/aromatic N) is 1. The van der Waals surface area contributed by atoms with Gasteiger partial charge in [0, 0.05) is 22.7 Å². The van der Waals surface area contributed by atoms with Gasteiger partial charge in [0.25, 0.3) is 5.22 Å². The highest BCUT2D eigenvalue weighted by molar-refractivity contribution is 7.99. The fraction of sp³-hybridized carbons (Fsp3) is 0.0769. The van der Waals surface area contributed by atoms with E-state index in [1.165, 1.54) is 18.0 Å². The summed E-state index contributed by atoms with van der Waals surface area (Å²) in [6, 6.07) is 7.75. The van der Waals surface area contributed by atoms with Crippen molar-refractivity contribution in [1.82, 2.24) is 9.97 Å². The van der Waals surface area contributed by atoms with Crippen LogP contribution in [0.2, 0.25) is 0 Å². The molecule has 4 nitrogen and oxygen atoms in total. The lowest BCUT2D eigenvalue weighted by atomic mass is 10.1. The van der Waals surface area contributed by atoms with Gasteiger partial charge in [0.1, 0.15) is 6.26 Å². The molecule has 0 saturated carbocycles. The van der Waals surface area contributed by atoms with Crippen LogP contribution < -0.4 is 0 Å². The van der Waals surface area contributed by atoms with Gasteiger partial charge in [-0.2, -0.15) is 0 Å². The van der Waals surface area contributed by atoms with E-state index in [4.69, 9.17) is 4.42 Å². The second-order valence-corrected chi connectivity index (χ2v) is 4.68. The summed E-state index contributed by atoms with van der Waals surface area (Å²) in [6.45, 7) is 0. The maximum atomic E-state index is 12.1. The molecule has 2 heterocycles. The zero-order valence-electron chi connectivity index (χ0n) is 9.42. The van der Waals surface area contributed by atoms with Crippen molar-refractivity contribution in [2.45, 2.75) is 5.22 Å². The Labute approximate surface area is 107 Å². The summed E-state index contributed by atoms with van der Waals surface area (Å²) < 4.78 is 5.08. The van der Waals surface area contributed by atoms with Gasteiger partial charge >= 0.3 is 0 Å². The van der Waals surface area contributed by atoms with Gasteiger partial charge in [0.2, 0.25) is 0 Å². The van der Waals surface area contributed by atoms with Crippen molar-refractivity contribution in [3.63, 3.8) is 0 Å². The molecule has 0 radical (unpaired) electrons. The number of hydrogen-bond acceptors (Lipinski definition) is 4. The number of carbonyl (C=O) groups is 1. The first kappa shape index (κ1) is 11.1. The summed E-state index contributed by atoms with van der Waals surface area (Å²) in [7, 11) is 0. The van der Waals surface area contributed by atoms with Gasteiger partial charge < -0.3 is 9.40 Å². The molecule has 1 aromatic carbocycles. The topological polar surface area (TPSA) is 58.9 Å². The van der Waals surface area contributed by atoms with Crippen LogP contribution >= 0.6 is 11.8 Å². The molecular weight excluding hydrogens is 248 g/mol. The second-order valence-electron chi connectivity index (χ2n) is 3.76. The number of thioether (sulfide) groups is 1. The first-order chi connectivity index (χ1) is 8.84. The number of ketones is 1. The molecule has 0 aliphatic carbocycles. The molecule has 0 atom stereocenters. The van der Waals surface area contributed by atoms with Gasteiger partial charge in [0.15, 0.2) is 5.78 Å². The molecule has 18 heavy (non-hydrogen) atoms. The Bertz CT molecular complexity index is 673. The molecule has 3 rings (SSSR count). The van der Waals surface area contributed by atoms with Gasteiger partial charge in [-0.25, -0.2) is 4.98 Å². The van der Waals surface area contributed by atoms with E-state index in [-0.39, 0.29) is 5.78 Å². The number of rotatable bonds is 4. The zero-order valence-corrected chi connectivity index (χ0v) is 10.2. The molecule has 0 saturated heterocycles. The lowest BCUT2D eigenvalue weighted by Gasteiger charge is -1.97. The Balaban J connectivity index is 1.80. The molecule has 0 spiro atoms. The molecule has 5 heteroatoms. The smallest absolute Gasteiger partial charge is 0.255 e. The Hall–Kier alpha value is -2.01. The predicted molar refractivity (Wildman–Crippen MR) is 69.9 cm³/mol. The van der Waals surface area contributed by atoms with E-state index in [2.05, 4.69) is 9.97 Å². The number of nitrogens with one attached hydrogen (secondary N) is 1. The molecule has 2 aromatic heterocycles. The summed E-state index contributed by atoms with van der Waals surface area (Å²) in [5, 5.41) is 1.47. The van der Waals surface area contributed by atoms with Crippen molar-refractivity contribution >= 4 is 28.4 Å². The highest BCUT2D eigenvalue weighted by Gasteiger charge is 2.12. The summed E-state index contributed by atoms with van der Waals surface area (Å²) in [5.41, 5.74) is 1.69. The largest absolute Gasteiger partial charge is 0.440 e. The Morgan fingerprint density at radius 2 is 2.28 bits per heavy atom. The summed E-state index contributed by atoms with van der Waals surface area (Å²) in [5.74, 6) is 0.387. The molecule has 90 valence electrons. The van der Waals surface area contributed by atoms with Crippen LogP contribution in [-0.4, -0.2) is 21.5 Å². The number of H-pyrrole nitrogens is 1. The average molecular weight is 258 g/mol. The van der Waals surface area contributed by atoms with Crippen LogP contribution in [0.5, 0.6) is 0 Å². The van der Waals surface area contributed by atoms with Gasteiger partial charge in [-0.1, -0.05) is 30.0 Å². The number of hydrogen-bond donors (Lipinski definition) is 1. The monoisotopic (exact) mass is 258 g/mol. The lowest BCUT2D eigenvalue weighted by molar-refractivity contribution is 0.102. The van der Waals surface area contributed by atoms with E-state index in [1.54, 1.807) is 12.4 Å². The molecule has 1 N–H and O–H groups in total. The average Bonchev–Trinajstić information content (AvgIpc) is 3.05. The molecule has 0 amide bonds. The van der Waals surface area contributed by atoms with Crippen molar-refractivity contribution < 1.29 is 9.21 Å². The van der Waals surface area contributed by atoms with E-state index in [0.29, 0.717) is 16.5 Å². The second kappa shape index (κ2) is 4.70. The van der Waals surface area contributed by atoms with E-state index < -0.39 is 0 Å². The van der Waals surface area contributed by atoms with Crippen LogP contribution in [0.4, 0.5) is 0 Å². The van der Waals surface area contributed by atoms with E-state index >= 15 is 0 Å². The molecular formula is C13H10N2O2S. The molecule has 0 aliphatic heterocycles. The third kappa shape index (κ3) is 2.04. The summed E-state index contributed by atoms with van der Waals surface area (Å²) >= 11 is 1.30. The number of carbonyl (C=O) groups excluding carboxylic acids is 1. The van der Waals surface area contributed by atoms with E-state index in [0.717, 1.165) is 10.9 Å². The van der Waals surface area contributed by atoms with E-state index in [1.807, 2.05) is 24.3 Å². The minimum atomic E-state index is 0.0654. The van der Waals surface area contributed by atoms with Crippen LogP contribution in [-0.2, 0) is 0 Å². The van der Waals surface area contributed by atoms with Crippen molar-refractivity contribution in [2.75, 3.05) is 5.75 Å². The normalized spacial score (nSPS) is 10.9. The van der Waals surface area contributed by atoms with E-state index in [9.17, 15) is 4.79 Å². The number of aromatic amines is 1.